The standard InChI is InChI=1S/C16H17N3O4S/c1-17-24(22,23)12-7-9-15(16(10-12)19(20)21)18-14-8-6-11-4-2-3-5-13(11)14/h2-5,7,9-10,14,17-18H,6,8H2,1H3/t14-/m0/s1. The second kappa shape index (κ2) is 6.21. The van der Waals surface area contributed by atoms with Gasteiger partial charge < -0.3 is 5.32 Å². The number of nitrogens with zero attached hydrogens (tertiary/aromatic N) is 1. The summed E-state index contributed by atoms with van der Waals surface area (Å²) in [5.41, 5.74) is 2.42. The fourth-order valence-electron chi connectivity index (χ4n) is 2.96. The Morgan fingerprint density at radius 1 is 1.21 bits per heavy atom. The predicted molar refractivity (Wildman–Crippen MR) is 90.5 cm³/mol. The molecule has 0 spiro atoms. The summed E-state index contributed by atoms with van der Waals surface area (Å²) in [6.45, 7) is 0. The highest BCUT2D eigenvalue weighted by Crippen LogP contribution is 2.36. The van der Waals surface area contributed by atoms with Crippen molar-refractivity contribution in [3.05, 3.63) is 63.7 Å². The summed E-state index contributed by atoms with van der Waals surface area (Å²) in [4.78, 5) is 10.7. The van der Waals surface area contributed by atoms with Gasteiger partial charge in [0.25, 0.3) is 5.69 Å². The fourth-order valence-corrected chi connectivity index (χ4v) is 3.71. The number of nitro groups is 1. The summed E-state index contributed by atoms with van der Waals surface area (Å²) >= 11 is 0. The third kappa shape index (κ3) is 2.98. The molecule has 2 aromatic carbocycles. The Hall–Kier alpha value is -2.45. The van der Waals surface area contributed by atoms with Crippen LogP contribution in [-0.2, 0) is 16.4 Å². The number of rotatable bonds is 5. The zero-order valence-corrected chi connectivity index (χ0v) is 13.8. The number of hydrogen-bond donors (Lipinski definition) is 2. The van der Waals surface area contributed by atoms with Crippen LogP contribution in [0.4, 0.5) is 11.4 Å². The van der Waals surface area contributed by atoms with Gasteiger partial charge in [-0.3, -0.25) is 10.1 Å². The number of benzene rings is 2. The first-order valence-corrected chi connectivity index (χ1v) is 8.97. The van der Waals surface area contributed by atoms with Gasteiger partial charge in [0.15, 0.2) is 0 Å². The van der Waals surface area contributed by atoms with Crippen molar-refractivity contribution in [2.24, 2.45) is 0 Å². The monoisotopic (exact) mass is 347 g/mol. The normalized spacial score (nSPS) is 16.6. The highest BCUT2D eigenvalue weighted by Gasteiger charge is 2.26. The van der Waals surface area contributed by atoms with Gasteiger partial charge in [-0.2, -0.15) is 0 Å². The zero-order chi connectivity index (χ0) is 17.3. The van der Waals surface area contributed by atoms with E-state index in [1.807, 2.05) is 24.3 Å². The molecule has 0 radical (unpaired) electrons. The maximum atomic E-state index is 11.8. The zero-order valence-electron chi connectivity index (χ0n) is 13.0. The number of fused-ring (bicyclic) bond motifs is 1. The average molecular weight is 347 g/mol. The SMILES string of the molecule is CNS(=O)(=O)c1ccc(N[C@H]2CCc3ccccc32)c([N+](=O)[O-])c1. The van der Waals surface area contributed by atoms with Gasteiger partial charge in [-0.25, -0.2) is 13.1 Å². The van der Waals surface area contributed by atoms with Crippen LogP contribution in [0.5, 0.6) is 0 Å². The molecule has 0 aromatic heterocycles. The van der Waals surface area contributed by atoms with Gasteiger partial charge >= 0.3 is 0 Å². The van der Waals surface area contributed by atoms with Crippen molar-refractivity contribution in [3.8, 4) is 0 Å². The summed E-state index contributed by atoms with van der Waals surface area (Å²) in [7, 11) is -2.46. The summed E-state index contributed by atoms with van der Waals surface area (Å²) in [6, 6.07) is 11.8. The number of nitro benzene ring substituents is 1. The van der Waals surface area contributed by atoms with E-state index in [9.17, 15) is 18.5 Å². The van der Waals surface area contributed by atoms with E-state index in [1.54, 1.807) is 0 Å². The second-order valence-electron chi connectivity index (χ2n) is 5.58. The van der Waals surface area contributed by atoms with Crippen LogP contribution in [0.3, 0.4) is 0 Å². The van der Waals surface area contributed by atoms with Gasteiger partial charge in [0.2, 0.25) is 10.0 Å². The summed E-state index contributed by atoms with van der Waals surface area (Å²) in [6.07, 6.45) is 1.75. The minimum absolute atomic E-state index is 0.0216. The summed E-state index contributed by atoms with van der Waals surface area (Å²) in [5.74, 6) is 0. The fraction of sp³-hybridized carbons (Fsp3) is 0.250. The molecule has 1 aliphatic carbocycles. The Morgan fingerprint density at radius 3 is 2.67 bits per heavy atom. The van der Waals surface area contributed by atoms with Gasteiger partial charge in [0.05, 0.1) is 15.9 Å². The molecule has 24 heavy (non-hydrogen) atoms. The van der Waals surface area contributed by atoms with E-state index in [2.05, 4.69) is 10.0 Å². The van der Waals surface area contributed by atoms with Crippen molar-refractivity contribution in [3.63, 3.8) is 0 Å². The third-order valence-electron chi connectivity index (χ3n) is 4.21. The van der Waals surface area contributed by atoms with Crippen molar-refractivity contribution in [1.82, 2.24) is 4.72 Å². The van der Waals surface area contributed by atoms with Crippen molar-refractivity contribution in [2.45, 2.75) is 23.8 Å². The first-order chi connectivity index (χ1) is 11.4. The lowest BCUT2D eigenvalue weighted by Gasteiger charge is -2.16. The van der Waals surface area contributed by atoms with E-state index in [-0.39, 0.29) is 16.6 Å². The smallest absolute Gasteiger partial charge is 0.293 e. The Morgan fingerprint density at radius 2 is 1.96 bits per heavy atom. The largest absolute Gasteiger partial charge is 0.373 e. The maximum absolute atomic E-state index is 11.8. The molecule has 0 amide bonds. The van der Waals surface area contributed by atoms with E-state index in [4.69, 9.17) is 0 Å². The quantitative estimate of drug-likeness (QED) is 0.639. The predicted octanol–water partition coefficient (Wildman–Crippen LogP) is 2.60. The lowest BCUT2D eigenvalue weighted by Crippen LogP contribution is -2.19. The van der Waals surface area contributed by atoms with Gasteiger partial charge in [-0.1, -0.05) is 24.3 Å². The topological polar surface area (TPSA) is 101 Å². The molecule has 0 fully saturated rings. The molecule has 0 aliphatic heterocycles. The summed E-state index contributed by atoms with van der Waals surface area (Å²) < 4.78 is 25.8. The van der Waals surface area contributed by atoms with Crippen LogP contribution in [-0.4, -0.2) is 20.4 Å². The first-order valence-electron chi connectivity index (χ1n) is 7.48. The highest BCUT2D eigenvalue weighted by molar-refractivity contribution is 7.89. The lowest BCUT2D eigenvalue weighted by molar-refractivity contribution is -0.384. The Bertz CT molecular complexity index is 896. The van der Waals surface area contributed by atoms with Crippen molar-refractivity contribution < 1.29 is 13.3 Å². The molecular formula is C16H17N3O4S. The summed E-state index contributed by atoms with van der Waals surface area (Å²) in [5, 5.41) is 14.5. The van der Waals surface area contributed by atoms with Crippen LogP contribution in [0.1, 0.15) is 23.6 Å². The van der Waals surface area contributed by atoms with E-state index in [0.29, 0.717) is 5.69 Å². The number of anilines is 1. The van der Waals surface area contributed by atoms with Crippen molar-refractivity contribution in [2.75, 3.05) is 12.4 Å². The molecule has 8 heteroatoms. The van der Waals surface area contributed by atoms with Crippen LogP contribution in [0.15, 0.2) is 47.4 Å². The molecule has 2 N–H and O–H groups in total. The highest BCUT2D eigenvalue weighted by atomic mass is 32.2. The van der Waals surface area contributed by atoms with Gasteiger partial charge in [-0.05, 0) is 43.1 Å². The van der Waals surface area contributed by atoms with E-state index in [1.165, 1.54) is 24.7 Å². The molecule has 3 rings (SSSR count). The first kappa shape index (κ1) is 16.4. The molecule has 2 aromatic rings. The van der Waals surface area contributed by atoms with Crippen LogP contribution < -0.4 is 10.0 Å². The lowest BCUT2D eigenvalue weighted by atomic mass is 10.1. The molecule has 1 aliphatic rings. The molecule has 0 heterocycles. The van der Waals surface area contributed by atoms with Gasteiger partial charge in [0, 0.05) is 6.07 Å². The molecular weight excluding hydrogens is 330 g/mol. The number of sulfonamides is 1. The Labute approximate surface area is 139 Å². The van der Waals surface area contributed by atoms with Crippen LogP contribution in [0, 0.1) is 10.1 Å². The average Bonchev–Trinajstić information content (AvgIpc) is 2.98. The van der Waals surface area contributed by atoms with Gasteiger partial charge in [0.1, 0.15) is 5.69 Å². The minimum atomic E-state index is -3.73. The number of nitrogens with one attached hydrogen (secondary N) is 2. The Kier molecular flexibility index (Phi) is 4.25. The minimum Gasteiger partial charge on any atom is -0.373 e. The van der Waals surface area contributed by atoms with Gasteiger partial charge in [-0.15, -0.1) is 0 Å². The van der Waals surface area contributed by atoms with E-state index in [0.717, 1.165) is 24.5 Å². The van der Waals surface area contributed by atoms with E-state index < -0.39 is 14.9 Å². The molecule has 7 nitrogen and oxygen atoms in total. The number of hydrogen-bond acceptors (Lipinski definition) is 5. The van der Waals surface area contributed by atoms with Crippen LogP contribution in [0.25, 0.3) is 0 Å². The van der Waals surface area contributed by atoms with Crippen LogP contribution in [0.2, 0.25) is 0 Å². The molecule has 0 unspecified atom stereocenters. The van der Waals surface area contributed by atoms with Crippen molar-refractivity contribution >= 4 is 21.4 Å². The third-order valence-corrected chi connectivity index (χ3v) is 5.62. The second-order valence-corrected chi connectivity index (χ2v) is 7.46. The number of aryl methyl sites for hydroxylation is 1. The maximum Gasteiger partial charge on any atom is 0.293 e. The molecule has 0 bridgehead atoms. The van der Waals surface area contributed by atoms with Crippen LogP contribution >= 0.6 is 0 Å². The molecule has 126 valence electrons. The van der Waals surface area contributed by atoms with E-state index >= 15 is 0 Å². The Balaban J connectivity index is 1.96. The molecule has 0 saturated carbocycles. The van der Waals surface area contributed by atoms with Crippen molar-refractivity contribution in [1.29, 1.82) is 0 Å². The molecule has 0 saturated heterocycles. The molecule has 1 atom stereocenters.